The predicted octanol–water partition coefficient (Wildman–Crippen LogP) is 2.07. The lowest BCUT2D eigenvalue weighted by atomic mass is 10.2. The zero-order valence-corrected chi connectivity index (χ0v) is 11.6. The Morgan fingerprint density at radius 1 is 1.15 bits per heavy atom. The summed E-state index contributed by atoms with van der Waals surface area (Å²) >= 11 is 0. The molecule has 6 nitrogen and oxygen atoms in total. The number of benzene rings is 1. The van der Waals surface area contributed by atoms with Crippen LogP contribution in [0.25, 0.3) is 11.4 Å². The maximum Gasteiger partial charge on any atom is 0.226 e. The van der Waals surface area contributed by atoms with E-state index in [0.717, 1.165) is 18.4 Å². The molecule has 0 amide bonds. The second-order valence-electron chi connectivity index (χ2n) is 4.26. The van der Waals surface area contributed by atoms with Crippen molar-refractivity contribution in [1.82, 2.24) is 10.1 Å². The molecule has 0 aliphatic rings. The molecule has 0 spiro atoms. The molecule has 2 rings (SSSR count). The van der Waals surface area contributed by atoms with Crippen molar-refractivity contribution in [2.75, 3.05) is 20.8 Å². The molecule has 0 fully saturated rings. The molecule has 0 saturated carbocycles. The van der Waals surface area contributed by atoms with Crippen LogP contribution in [-0.4, -0.2) is 36.1 Å². The maximum absolute atomic E-state index is 8.74. The summed E-state index contributed by atoms with van der Waals surface area (Å²) in [4.78, 5) is 4.33. The van der Waals surface area contributed by atoms with E-state index < -0.39 is 0 Å². The Hall–Kier alpha value is -2.08. The van der Waals surface area contributed by atoms with Gasteiger partial charge in [-0.1, -0.05) is 5.16 Å². The summed E-state index contributed by atoms with van der Waals surface area (Å²) in [6, 6.07) is 5.46. The Morgan fingerprint density at radius 3 is 2.65 bits per heavy atom. The summed E-state index contributed by atoms with van der Waals surface area (Å²) in [5, 5.41) is 12.7. The van der Waals surface area contributed by atoms with Gasteiger partial charge < -0.3 is 19.1 Å². The summed E-state index contributed by atoms with van der Waals surface area (Å²) in [5.41, 5.74) is 0.805. The number of ether oxygens (including phenoxy) is 2. The predicted molar refractivity (Wildman–Crippen MR) is 72.9 cm³/mol. The van der Waals surface area contributed by atoms with Crippen molar-refractivity contribution in [3.63, 3.8) is 0 Å². The molecule has 20 heavy (non-hydrogen) atoms. The van der Waals surface area contributed by atoms with Crippen molar-refractivity contribution in [2.45, 2.75) is 19.3 Å². The van der Waals surface area contributed by atoms with Gasteiger partial charge in [0.2, 0.25) is 11.7 Å². The molecular weight excluding hydrogens is 260 g/mol. The third-order valence-electron chi connectivity index (χ3n) is 2.91. The van der Waals surface area contributed by atoms with Crippen LogP contribution in [0.5, 0.6) is 11.5 Å². The first-order valence-corrected chi connectivity index (χ1v) is 6.44. The highest BCUT2D eigenvalue weighted by Crippen LogP contribution is 2.31. The molecule has 0 atom stereocenters. The van der Waals surface area contributed by atoms with Crippen LogP contribution in [0, 0.1) is 0 Å². The monoisotopic (exact) mass is 278 g/mol. The zero-order valence-electron chi connectivity index (χ0n) is 11.6. The van der Waals surface area contributed by atoms with E-state index in [1.54, 1.807) is 26.4 Å². The van der Waals surface area contributed by atoms with Crippen LogP contribution >= 0.6 is 0 Å². The summed E-state index contributed by atoms with van der Waals surface area (Å²) in [5.74, 6) is 2.37. The van der Waals surface area contributed by atoms with Crippen molar-refractivity contribution in [1.29, 1.82) is 0 Å². The Balaban J connectivity index is 2.15. The molecule has 1 heterocycles. The van der Waals surface area contributed by atoms with Crippen LogP contribution in [0.4, 0.5) is 0 Å². The van der Waals surface area contributed by atoms with Gasteiger partial charge in [0.15, 0.2) is 11.5 Å². The van der Waals surface area contributed by atoms with Crippen molar-refractivity contribution in [3.05, 3.63) is 24.1 Å². The quantitative estimate of drug-likeness (QED) is 0.781. The van der Waals surface area contributed by atoms with E-state index in [1.807, 2.05) is 6.07 Å². The van der Waals surface area contributed by atoms with Crippen LogP contribution in [0.3, 0.4) is 0 Å². The van der Waals surface area contributed by atoms with Gasteiger partial charge in [-0.15, -0.1) is 0 Å². The molecule has 1 aromatic carbocycles. The first-order chi connectivity index (χ1) is 9.78. The van der Waals surface area contributed by atoms with Gasteiger partial charge in [0.1, 0.15) is 0 Å². The molecule has 0 unspecified atom stereocenters. The average Bonchev–Trinajstić information content (AvgIpc) is 2.95. The Kier molecular flexibility index (Phi) is 4.95. The van der Waals surface area contributed by atoms with Gasteiger partial charge in [-0.3, -0.25) is 0 Å². The number of methoxy groups -OCH3 is 2. The molecular formula is C14H18N2O4. The fraction of sp³-hybridized carbons (Fsp3) is 0.429. The highest BCUT2D eigenvalue weighted by molar-refractivity contribution is 5.60. The number of aliphatic hydroxyl groups is 1. The van der Waals surface area contributed by atoms with Gasteiger partial charge >= 0.3 is 0 Å². The third-order valence-corrected chi connectivity index (χ3v) is 2.91. The summed E-state index contributed by atoms with van der Waals surface area (Å²) < 4.78 is 15.6. The molecule has 0 aliphatic carbocycles. The molecule has 0 bridgehead atoms. The smallest absolute Gasteiger partial charge is 0.226 e. The second-order valence-corrected chi connectivity index (χ2v) is 4.26. The minimum absolute atomic E-state index is 0.177. The van der Waals surface area contributed by atoms with Crippen molar-refractivity contribution in [2.24, 2.45) is 0 Å². The van der Waals surface area contributed by atoms with E-state index in [4.69, 9.17) is 19.1 Å². The average molecular weight is 278 g/mol. The minimum atomic E-state index is 0.177. The Labute approximate surface area is 117 Å². The lowest BCUT2D eigenvalue weighted by Crippen LogP contribution is -1.92. The number of hydrogen-bond acceptors (Lipinski definition) is 6. The minimum Gasteiger partial charge on any atom is -0.493 e. The van der Waals surface area contributed by atoms with Gasteiger partial charge in [-0.25, -0.2) is 0 Å². The Morgan fingerprint density at radius 2 is 1.95 bits per heavy atom. The molecule has 108 valence electrons. The van der Waals surface area contributed by atoms with Crippen molar-refractivity contribution >= 4 is 0 Å². The second kappa shape index (κ2) is 6.91. The van der Waals surface area contributed by atoms with E-state index in [-0.39, 0.29) is 6.61 Å². The molecule has 1 N–H and O–H groups in total. The lowest BCUT2D eigenvalue weighted by molar-refractivity contribution is 0.281. The largest absolute Gasteiger partial charge is 0.493 e. The van der Waals surface area contributed by atoms with Gasteiger partial charge in [0, 0.05) is 18.6 Å². The molecule has 2 aromatic rings. The standard InChI is InChI=1S/C14H18N2O4/c1-18-11-7-6-10(9-12(11)19-2)14-15-13(20-16-14)5-3-4-8-17/h6-7,9,17H,3-5,8H2,1-2H3. The SMILES string of the molecule is COc1ccc(-c2noc(CCCCO)n2)cc1OC. The van der Waals surface area contributed by atoms with Gasteiger partial charge in [0.25, 0.3) is 0 Å². The normalized spacial score (nSPS) is 10.6. The molecule has 1 aromatic heterocycles. The van der Waals surface area contributed by atoms with Crippen LogP contribution in [0.15, 0.2) is 22.7 Å². The first-order valence-electron chi connectivity index (χ1n) is 6.44. The topological polar surface area (TPSA) is 77.6 Å². The molecule has 0 saturated heterocycles. The maximum atomic E-state index is 8.74. The van der Waals surface area contributed by atoms with Crippen LogP contribution in [0.1, 0.15) is 18.7 Å². The summed E-state index contributed by atoms with van der Waals surface area (Å²) in [7, 11) is 3.17. The van der Waals surface area contributed by atoms with E-state index in [2.05, 4.69) is 10.1 Å². The van der Waals surface area contributed by atoms with Crippen LogP contribution < -0.4 is 9.47 Å². The third kappa shape index (κ3) is 3.27. The number of aryl methyl sites for hydroxylation is 1. The number of aromatic nitrogens is 2. The summed E-state index contributed by atoms with van der Waals surface area (Å²) in [6.45, 7) is 0.177. The number of hydrogen-bond donors (Lipinski definition) is 1. The van der Waals surface area contributed by atoms with E-state index >= 15 is 0 Å². The number of nitrogens with zero attached hydrogens (tertiary/aromatic N) is 2. The Bertz CT molecular complexity index is 554. The molecule has 0 aliphatic heterocycles. The van der Waals surface area contributed by atoms with Gasteiger partial charge in [0.05, 0.1) is 14.2 Å². The van der Waals surface area contributed by atoms with Crippen LogP contribution in [-0.2, 0) is 6.42 Å². The number of aliphatic hydroxyl groups excluding tert-OH is 1. The highest BCUT2D eigenvalue weighted by atomic mass is 16.5. The van der Waals surface area contributed by atoms with Crippen molar-refractivity contribution < 1.29 is 19.1 Å². The fourth-order valence-corrected chi connectivity index (χ4v) is 1.84. The summed E-state index contributed by atoms with van der Waals surface area (Å²) in [6.07, 6.45) is 2.22. The van der Waals surface area contributed by atoms with Crippen LogP contribution in [0.2, 0.25) is 0 Å². The number of rotatable bonds is 7. The fourth-order valence-electron chi connectivity index (χ4n) is 1.84. The first kappa shape index (κ1) is 14.3. The lowest BCUT2D eigenvalue weighted by Gasteiger charge is -2.07. The van der Waals surface area contributed by atoms with E-state index in [9.17, 15) is 0 Å². The zero-order chi connectivity index (χ0) is 14.4. The highest BCUT2D eigenvalue weighted by Gasteiger charge is 2.11. The van der Waals surface area contributed by atoms with E-state index in [1.165, 1.54) is 0 Å². The molecule has 6 heteroatoms. The van der Waals surface area contributed by atoms with E-state index in [0.29, 0.717) is 29.6 Å². The van der Waals surface area contributed by atoms with Gasteiger partial charge in [-0.2, -0.15) is 4.98 Å². The number of unbranched alkanes of at least 4 members (excludes halogenated alkanes) is 1. The van der Waals surface area contributed by atoms with Gasteiger partial charge in [-0.05, 0) is 31.0 Å². The van der Waals surface area contributed by atoms with Crippen molar-refractivity contribution in [3.8, 4) is 22.9 Å². The molecule has 0 radical (unpaired) electrons.